The molecule has 0 aromatic heterocycles. The van der Waals surface area contributed by atoms with E-state index in [1.165, 1.54) is 0 Å². The lowest BCUT2D eigenvalue weighted by Gasteiger charge is -2.43. The maximum Gasteiger partial charge on any atom is 0.238 e. The average molecular weight is 386 g/mol. The number of halogens is 2. The normalized spacial score (nSPS) is 29.2. The highest BCUT2D eigenvalue weighted by Gasteiger charge is 2.62. The van der Waals surface area contributed by atoms with Gasteiger partial charge in [-0.2, -0.15) is 0 Å². The Morgan fingerprint density at radius 1 is 0.846 bits per heavy atom. The molecule has 6 rings (SSSR count). The van der Waals surface area contributed by atoms with Gasteiger partial charge in [-0.15, -0.1) is 0 Å². The summed E-state index contributed by atoms with van der Waals surface area (Å²) >= 11 is 12.1. The Balaban J connectivity index is 1.66. The molecule has 4 atom stereocenters. The summed E-state index contributed by atoms with van der Waals surface area (Å²) in [5, 5.41) is 0.704. The number of carbonyl (C=O) groups excluding carboxylic acids is 3. The van der Waals surface area contributed by atoms with Crippen LogP contribution < -0.4 is 4.90 Å². The Bertz CT molecular complexity index is 982. The van der Waals surface area contributed by atoms with Crippen molar-refractivity contribution in [2.75, 3.05) is 4.90 Å². The highest BCUT2D eigenvalue weighted by atomic mass is 35.5. The molecule has 3 aliphatic carbocycles. The standard InChI is InChI=1S/C20H13Cl2NO3/c21-9-5-10(22)7-11(6-9)23-19(25)17-14-8-15(24)16(18(17)20(23)26)13-4-2-1-3-12(13)14/h1-7,14,16-18H,8H2/t14-,16+,17-,18+/m0/s1. The first-order valence-corrected chi connectivity index (χ1v) is 9.18. The number of imide groups is 1. The van der Waals surface area contributed by atoms with E-state index in [4.69, 9.17) is 23.2 Å². The molecule has 2 amide bonds. The van der Waals surface area contributed by atoms with Crippen molar-refractivity contribution >= 4 is 46.5 Å². The van der Waals surface area contributed by atoms with Crippen LogP contribution in [0.25, 0.3) is 0 Å². The van der Waals surface area contributed by atoms with Crippen LogP contribution in [0.2, 0.25) is 10.0 Å². The second-order valence-corrected chi connectivity index (χ2v) is 7.95. The van der Waals surface area contributed by atoms with Crippen molar-refractivity contribution in [3.8, 4) is 0 Å². The molecule has 1 aliphatic heterocycles. The van der Waals surface area contributed by atoms with Gasteiger partial charge >= 0.3 is 0 Å². The summed E-state index contributed by atoms with van der Waals surface area (Å²) in [6.45, 7) is 0. The van der Waals surface area contributed by atoms with Gasteiger partial charge in [-0.1, -0.05) is 47.5 Å². The van der Waals surface area contributed by atoms with Crippen molar-refractivity contribution in [1.29, 1.82) is 0 Å². The van der Waals surface area contributed by atoms with Gasteiger partial charge in [-0.25, -0.2) is 4.90 Å². The second kappa shape index (κ2) is 5.41. The van der Waals surface area contributed by atoms with Gasteiger partial charge in [0.2, 0.25) is 11.8 Å². The summed E-state index contributed by atoms with van der Waals surface area (Å²) in [6.07, 6.45) is 0.312. The lowest BCUT2D eigenvalue weighted by atomic mass is 9.56. The van der Waals surface area contributed by atoms with E-state index in [0.717, 1.165) is 16.0 Å². The number of Topliss-reactive ketones (excluding diaryl/α,β-unsaturated/α-hetero) is 1. The second-order valence-electron chi connectivity index (χ2n) is 7.07. The van der Waals surface area contributed by atoms with Gasteiger partial charge in [0.15, 0.2) is 0 Å². The van der Waals surface area contributed by atoms with Crippen molar-refractivity contribution in [3.63, 3.8) is 0 Å². The summed E-state index contributed by atoms with van der Waals surface area (Å²) in [6, 6.07) is 12.3. The maximum absolute atomic E-state index is 13.2. The van der Waals surface area contributed by atoms with Crippen molar-refractivity contribution in [1.82, 2.24) is 0 Å². The number of carbonyl (C=O) groups is 3. The number of hydrogen-bond donors (Lipinski definition) is 0. The highest BCUT2D eigenvalue weighted by Crippen LogP contribution is 2.57. The zero-order chi connectivity index (χ0) is 18.2. The van der Waals surface area contributed by atoms with Gasteiger partial charge in [0.05, 0.1) is 23.4 Å². The number of fused-ring (bicyclic) bond motifs is 1. The molecule has 2 aromatic rings. The number of amides is 2. The zero-order valence-electron chi connectivity index (χ0n) is 13.5. The molecule has 0 spiro atoms. The van der Waals surface area contributed by atoms with Crippen LogP contribution in [0.4, 0.5) is 5.69 Å². The van der Waals surface area contributed by atoms with E-state index in [1.807, 2.05) is 24.3 Å². The fourth-order valence-corrected chi connectivity index (χ4v) is 5.40. The van der Waals surface area contributed by atoms with E-state index in [1.54, 1.807) is 18.2 Å². The number of ketones is 1. The SMILES string of the molecule is O=C1C[C@H]2c3ccccc3[C@H]1[C@H]1C(=O)N(c3cc(Cl)cc(Cl)c3)C(=O)[C@H]12. The molecule has 4 aliphatic rings. The lowest BCUT2D eigenvalue weighted by Crippen LogP contribution is -2.44. The molecular formula is C20H13Cl2NO3. The average Bonchev–Trinajstić information content (AvgIpc) is 2.86. The molecule has 2 bridgehead atoms. The van der Waals surface area contributed by atoms with Crippen LogP contribution in [-0.2, 0) is 14.4 Å². The Morgan fingerprint density at radius 2 is 1.46 bits per heavy atom. The topological polar surface area (TPSA) is 54.5 Å². The smallest absolute Gasteiger partial charge is 0.238 e. The van der Waals surface area contributed by atoms with E-state index in [2.05, 4.69) is 0 Å². The Labute approximate surface area is 159 Å². The third kappa shape index (κ3) is 2.00. The van der Waals surface area contributed by atoms with Gasteiger partial charge in [-0.3, -0.25) is 14.4 Å². The van der Waals surface area contributed by atoms with Gasteiger partial charge < -0.3 is 0 Å². The minimum atomic E-state index is -0.638. The van der Waals surface area contributed by atoms with Crippen LogP contribution in [0.5, 0.6) is 0 Å². The highest BCUT2D eigenvalue weighted by molar-refractivity contribution is 6.36. The maximum atomic E-state index is 13.2. The van der Waals surface area contributed by atoms with Crippen LogP contribution in [0.3, 0.4) is 0 Å². The molecule has 0 unspecified atom stereocenters. The first-order valence-electron chi connectivity index (χ1n) is 8.43. The molecule has 1 saturated heterocycles. The molecule has 1 saturated carbocycles. The Morgan fingerprint density at radius 3 is 2.15 bits per heavy atom. The van der Waals surface area contributed by atoms with Crippen LogP contribution in [0.15, 0.2) is 42.5 Å². The van der Waals surface area contributed by atoms with Crippen molar-refractivity contribution < 1.29 is 14.4 Å². The van der Waals surface area contributed by atoms with Crippen molar-refractivity contribution in [2.24, 2.45) is 11.8 Å². The Kier molecular flexibility index (Phi) is 3.34. The minimum absolute atomic E-state index is 0.0436. The van der Waals surface area contributed by atoms with Crippen LogP contribution >= 0.6 is 23.2 Å². The van der Waals surface area contributed by atoms with Gasteiger partial charge in [0, 0.05) is 22.4 Å². The van der Waals surface area contributed by atoms with E-state index in [9.17, 15) is 14.4 Å². The van der Waals surface area contributed by atoms with Crippen molar-refractivity contribution in [2.45, 2.75) is 18.3 Å². The number of hydrogen-bond acceptors (Lipinski definition) is 3. The molecule has 130 valence electrons. The molecule has 1 heterocycles. The molecule has 0 radical (unpaired) electrons. The zero-order valence-corrected chi connectivity index (χ0v) is 15.0. The fourth-order valence-electron chi connectivity index (χ4n) is 4.88. The molecule has 0 N–H and O–H groups in total. The molecule has 2 fully saturated rings. The summed E-state index contributed by atoms with van der Waals surface area (Å²) in [5.74, 6) is -2.49. The van der Waals surface area contributed by atoms with E-state index >= 15 is 0 Å². The molecule has 26 heavy (non-hydrogen) atoms. The third-order valence-corrected chi connectivity index (χ3v) is 6.23. The molecule has 4 nitrogen and oxygen atoms in total. The predicted octanol–water partition coefficient (Wildman–Crippen LogP) is 3.95. The first kappa shape index (κ1) is 16.0. The Hall–Kier alpha value is -2.17. The summed E-state index contributed by atoms with van der Waals surface area (Å²) in [5.41, 5.74) is 2.27. The summed E-state index contributed by atoms with van der Waals surface area (Å²) in [7, 11) is 0. The molecular weight excluding hydrogens is 373 g/mol. The van der Waals surface area contributed by atoms with Gasteiger partial charge in [-0.05, 0) is 29.3 Å². The predicted molar refractivity (Wildman–Crippen MR) is 97.5 cm³/mol. The largest absolute Gasteiger partial charge is 0.299 e. The first-order chi connectivity index (χ1) is 12.5. The van der Waals surface area contributed by atoms with Crippen LogP contribution in [0, 0.1) is 11.8 Å². The molecule has 2 aromatic carbocycles. The molecule has 6 heteroatoms. The monoisotopic (exact) mass is 385 g/mol. The minimum Gasteiger partial charge on any atom is -0.299 e. The number of anilines is 1. The van der Waals surface area contributed by atoms with E-state index in [0.29, 0.717) is 22.2 Å². The third-order valence-electron chi connectivity index (χ3n) is 5.79. The van der Waals surface area contributed by atoms with Crippen LogP contribution in [-0.4, -0.2) is 17.6 Å². The quantitative estimate of drug-likeness (QED) is 0.698. The summed E-state index contributed by atoms with van der Waals surface area (Å²) in [4.78, 5) is 40.2. The van der Waals surface area contributed by atoms with Crippen molar-refractivity contribution in [3.05, 3.63) is 63.6 Å². The van der Waals surface area contributed by atoms with Crippen LogP contribution in [0.1, 0.15) is 29.4 Å². The summed E-state index contributed by atoms with van der Waals surface area (Å²) < 4.78 is 0. The fraction of sp³-hybridized carbons (Fsp3) is 0.250. The van der Waals surface area contributed by atoms with Gasteiger partial charge in [0.1, 0.15) is 5.78 Å². The number of benzene rings is 2. The van der Waals surface area contributed by atoms with E-state index < -0.39 is 17.8 Å². The number of rotatable bonds is 1. The lowest BCUT2D eigenvalue weighted by molar-refractivity contribution is -0.134. The van der Waals surface area contributed by atoms with Gasteiger partial charge in [0.25, 0.3) is 0 Å². The van der Waals surface area contributed by atoms with E-state index in [-0.39, 0.29) is 23.5 Å². The number of nitrogens with zero attached hydrogens (tertiary/aromatic N) is 1.